The van der Waals surface area contributed by atoms with Gasteiger partial charge >= 0.3 is 0 Å². The largest absolute Gasteiger partial charge is 0.348 e. The molecule has 0 unspecified atom stereocenters. The van der Waals surface area contributed by atoms with Gasteiger partial charge in [0.2, 0.25) is 0 Å². The molecule has 2 heteroatoms. The SMILES string of the molecule is Cc1cc2ccc(=O)ccc2n1C. The molecule has 0 saturated carbocycles. The van der Waals surface area contributed by atoms with Gasteiger partial charge in [0.25, 0.3) is 0 Å². The van der Waals surface area contributed by atoms with Crippen molar-refractivity contribution in [3.8, 4) is 0 Å². The molecule has 0 spiro atoms. The van der Waals surface area contributed by atoms with E-state index in [9.17, 15) is 4.79 Å². The number of rotatable bonds is 0. The minimum Gasteiger partial charge on any atom is -0.348 e. The second-order valence-electron chi connectivity index (χ2n) is 3.25. The van der Waals surface area contributed by atoms with E-state index >= 15 is 0 Å². The van der Waals surface area contributed by atoms with Crippen molar-refractivity contribution in [1.82, 2.24) is 4.57 Å². The summed E-state index contributed by atoms with van der Waals surface area (Å²) in [6.07, 6.45) is 0. The minimum atomic E-state index is 0.0499. The zero-order chi connectivity index (χ0) is 9.42. The van der Waals surface area contributed by atoms with Crippen LogP contribution in [-0.4, -0.2) is 4.57 Å². The van der Waals surface area contributed by atoms with E-state index in [1.165, 1.54) is 5.69 Å². The van der Waals surface area contributed by atoms with Gasteiger partial charge in [-0.1, -0.05) is 0 Å². The smallest absolute Gasteiger partial charge is 0.178 e. The van der Waals surface area contributed by atoms with Crippen molar-refractivity contribution in [2.75, 3.05) is 0 Å². The van der Waals surface area contributed by atoms with E-state index in [-0.39, 0.29) is 5.43 Å². The number of fused-ring (bicyclic) bond motifs is 1. The number of hydrogen-bond acceptors (Lipinski definition) is 1. The Bertz CT molecular complexity index is 511. The highest BCUT2D eigenvalue weighted by atomic mass is 16.1. The Morgan fingerprint density at radius 2 is 1.85 bits per heavy atom. The molecular formula is C11H11NO. The molecule has 0 atom stereocenters. The van der Waals surface area contributed by atoms with Crippen molar-refractivity contribution >= 4 is 10.9 Å². The summed E-state index contributed by atoms with van der Waals surface area (Å²) in [5, 5.41) is 1.11. The first-order valence-electron chi connectivity index (χ1n) is 4.25. The van der Waals surface area contributed by atoms with Crippen LogP contribution in [0.15, 0.2) is 35.1 Å². The maximum atomic E-state index is 11.1. The van der Waals surface area contributed by atoms with Crippen LogP contribution in [0.25, 0.3) is 10.9 Å². The molecule has 1 aromatic heterocycles. The standard InChI is InChI=1S/C11H11NO/c1-8-7-9-3-4-10(13)5-6-11(9)12(8)2/h3-7H,1-2H3. The van der Waals surface area contributed by atoms with Crippen LogP contribution in [0.5, 0.6) is 0 Å². The first kappa shape index (κ1) is 8.05. The molecule has 2 nitrogen and oxygen atoms in total. The van der Waals surface area contributed by atoms with Gasteiger partial charge in [0.15, 0.2) is 5.43 Å². The lowest BCUT2D eigenvalue weighted by Crippen LogP contribution is -1.90. The van der Waals surface area contributed by atoms with Gasteiger partial charge in [0, 0.05) is 18.3 Å². The van der Waals surface area contributed by atoms with Crippen molar-refractivity contribution in [3.63, 3.8) is 0 Å². The number of aromatic nitrogens is 1. The third kappa shape index (κ3) is 1.24. The van der Waals surface area contributed by atoms with Gasteiger partial charge in [0.1, 0.15) is 0 Å². The Morgan fingerprint density at radius 3 is 2.62 bits per heavy atom. The molecule has 2 aromatic rings. The van der Waals surface area contributed by atoms with Crippen molar-refractivity contribution in [3.05, 3.63) is 46.2 Å². The molecule has 2 rings (SSSR count). The Kier molecular flexibility index (Phi) is 1.69. The summed E-state index contributed by atoms with van der Waals surface area (Å²) in [5.41, 5.74) is 2.35. The maximum absolute atomic E-state index is 11.1. The first-order valence-corrected chi connectivity index (χ1v) is 4.25. The molecule has 0 radical (unpaired) electrons. The highest BCUT2D eigenvalue weighted by molar-refractivity contribution is 5.80. The fraction of sp³-hybridized carbons (Fsp3) is 0.182. The molecule has 0 aliphatic heterocycles. The van der Waals surface area contributed by atoms with E-state index in [0.717, 1.165) is 10.9 Å². The van der Waals surface area contributed by atoms with Gasteiger partial charge in [-0.2, -0.15) is 0 Å². The van der Waals surface area contributed by atoms with Gasteiger partial charge in [-0.3, -0.25) is 4.79 Å². The second kappa shape index (κ2) is 2.73. The summed E-state index contributed by atoms with van der Waals surface area (Å²) in [7, 11) is 2.00. The molecule has 66 valence electrons. The lowest BCUT2D eigenvalue weighted by Gasteiger charge is -1.94. The van der Waals surface area contributed by atoms with Crippen LogP contribution >= 0.6 is 0 Å². The molecule has 13 heavy (non-hydrogen) atoms. The van der Waals surface area contributed by atoms with Gasteiger partial charge in [-0.05, 0) is 42.6 Å². The third-order valence-electron chi connectivity index (χ3n) is 2.38. The fourth-order valence-electron chi connectivity index (χ4n) is 1.51. The summed E-state index contributed by atoms with van der Waals surface area (Å²) in [4.78, 5) is 11.1. The number of hydrogen-bond donors (Lipinski definition) is 0. The predicted molar refractivity (Wildman–Crippen MR) is 53.9 cm³/mol. The number of aryl methyl sites for hydroxylation is 2. The average molecular weight is 173 g/mol. The zero-order valence-electron chi connectivity index (χ0n) is 7.74. The molecule has 1 heterocycles. The summed E-state index contributed by atoms with van der Waals surface area (Å²) in [6.45, 7) is 2.05. The van der Waals surface area contributed by atoms with Gasteiger partial charge in [0.05, 0.1) is 0 Å². The fourth-order valence-corrected chi connectivity index (χ4v) is 1.51. The van der Waals surface area contributed by atoms with Crippen LogP contribution in [0.3, 0.4) is 0 Å². The van der Waals surface area contributed by atoms with Crippen molar-refractivity contribution in [1.29, 1.82) is 0 Å². The van der Waals surface area contributed by atoms with Crippen LogP contribution in [0, 0.1) is 6.92 Å². The molecule has 0 amide bonds. The molecule has 1 aromatic carbocycles. The van der Waals surface area contributed by atoms with Gasteiger partial charge in [-0.25, -0.2) is 0 Å². The zero-order valence-corrected chi connectivity index (χ0v) is 7.74. The molecular weight excluding hydrogens is 162 g/mol. The summed E-state index contributed by atoms with van der Waals surface area (Å²) in [5.74, 6) is 0. The Labute approximate surface area is 76.4 Å². The lowest BCUT2D eigenvalue weighted by molar-refractivity contribution is 0.918. The van der Waals surface area contributed by atoms with E-state index in [2.05, 4.69) is 17.6 Å². The molecule has 0 N–H and O–H groups in total. The highest BCUT2D eigenvalue weighted by Crippen LogP contribution is 2.15. The van der Waals surface area contributed by atoms with E-state index in [1.54, 1.807) is 12.1 Å². The van der Waals surface area contributed by atoms with E-state index in [1.807, 2.05) is 19.2 Å². The predicted octanol–water partition coefficient (Wildman–Crippen LogP) is 1.85. The van der Waals surface area contributed by atoms with Crippen molar-refractivity contribution < 1.29 is 0 Å². The van der Waals surface area contributed by atoms with E-state index < -0.39 is 0 Å². The topological polar surface area (TPSA) is 22.0 Å². The normalized spacial score (nSPS) is 10.6. The van der Waals surface area contributed by atoms with Gasteiger partial charge < -0.3 is 4.57 Å². The molecule has 0 saturated heterocycles. The molecule has 0 aliphatic carbocycles. The summed E-state index contributed by atoms with van der Waals surface area (Å²) in [6, 6.07) is 9.01. The Balaban J connectivity index is 2.96. The van der Waals surface area contributed by atoms with Crippen molar-refractivity contribution in [2.24, 2.45) is 7.05 Å². The minimum absolute atomic E-state index is 0.0499. The van der Waals surface area contributed by atoms with Crippen LogP contribution in [-0.2, 0) is 7.05 Å². The monoisotopic (exact) mass is 173 g/mol. The van der Waals surface area contributed by atoms with Crippen LogP contribution in [0.4, 0.5) is 0 Å². The average Bonchev–Trinajstić information content (AvgIpc) is 2.28. The Hall–Kier alpha value is -1.57. The first-order chi connectivity index (χ1) is 6.18. The van der Waals surface area contributed by atoms with Crippen molar-refractivity contribution in [2.45, 2.75) is 6.92 Å². The van der Waals surface area contributed by atoms with Gasteiger partial charge in [-0.15, -0.1) is 0 Å². The highest BCUT2D eigenvalue weighted by Gasteiger charge is 1.98. The van der Waals surface area contributed by atoms with Crippen LogP contribution in [0.1, 0.15) is 5.69 Å². The maximum Gasteiger partial charge on any atom is 0.178 e. The van der Waals surface area contributed by atoms with Crippen LogP contribution in [0.2, 0.25) is 0 Å². The van der Waals surface area contributed by atoms with Crippen LogP contribution < -0.4 is 5.43 Å². The molecule has 0 bridgehead atoms. The van der Waals surface area contributed by atoms with E-state index in [0.29, 0.717) is 0 Å². The quantitative estimate of drug-likeness (QED) is 0.596. The number of nitrogens with zero attached hydrogens (tertiary/aromatic N) is 1. The summed E-state index contributed by atoms with van der Waals surface area (Å²) >= 11 is 0. The third-order valence-corrected chi connectivity index (χ3v) is 2.38. The molecule has 0 fully saturated rings. The lowest BCUT2D eigenvalue weighted by atomic mass is 10.3. The second-order valence-corrected chi connectivity index (χ2v) is 3.25. The Morgan fingerprint density at radius 1 is 1.15 bits per heavy atom. The van der Waals surface area contributed by atoms with E-state index in [4.69, 9.17) is 0 Å². The molecule has 0 aliphatic rings. The summed E-state index contributed by atoms with van der Waals surface area (Å²) < 4.78 is 2.08.